The SMILES string of the molecule is CC(c1ccccc1)N(Cc1cccc(Cl)c1)Cc1nc(C(=O)NCc2ccccc2)co1. The van der Waals surface area contributed by atoms with Crippen molar-refractivity contribution >= 4 is 17.5 Å². The molecule has 3 aromatic carbocycles. The number of carbonyl (C=O) groups is 1. The minimum atomic E-state index is -0.258. The predicted octanol–water partition coefficient (Wildman–Crippen LogP) is 6.02. The Morgan fingerprint density at radius 3 is 2.39 bits per heavy atom. The van der Waals surface area contributed by atoms with E-state index in [4.69, 9.17) is 16.0 Å². The van der Waals surface area contributed by atoms with Crippen molar-refractivity contribution < 1.29 is 9.21 Å². The highest BCUT2D eigenvalue weighted by Gasteiger charge is 2.20. The molecule has 1 aromatic heterocycles. The third-order valence-electron chi connectivity index (χ3n) is 5.52. The van der Waals surface area contributed by atoms with Crippen molar-refractivity contribution in [3.63, 3.8) is 0 Å². The van der Waals surface area contributed by atoms with Crippen LogP contribution in [-0.2, 0) is 19.6 Å². The molecule has 1 amide bonds. The Morgan fingerprint density at radius 1 is 0.970 bits per heavy atom. The van der Waals surface area contributed by atoms with Gasteiger partial charge in [0.1, 0.15) is 6.26 Å². The summed E-state index contributed by atoms with van der Waals surface area (Å²) >= 11 is 6.20. The second-order valence-corrected chi connectivity index (χ2v) is 8.35. The van der Waals surface area contributed by atoms with Crippen molar-refractivity contribution in [2.75, 3.05) is 0 Å². The molecular formula is C27H26ClN3O2. The minimum Gasteiger partial charge on any atom is -0.447 e. The number of halogens is 1. The first-order chi connectivity index (χ1) is 16.1. The van der Waals surface area contributed by atoms with Crippen LogP contribution in [-0.4, -0.2) is 15.8 Å². The van der Waals surface area contributed by atoms with Crippen molar-refractivity contribution in [3.05, 3.63) is 124 Å². The van der Waals surface area contributed by atoms with Gasteiger partial charge in [-0.05, 0) is 35.7 Å². The minimum absolute atomic E-state index is 0.104. The highest BCUT2D eigenvalue weighted by atomic mass is 35.5. The second-order valence-electron chi connectivity index (χ2n) is 7.92. The molecule has 1 atom stereocenters. The highest BCUT2D eigenvalue weighted by molar-refractivity contribution is 6.30. The van der Waals surface area contributed by atoms with Gasteiger partial charge in [0.15, 0.2) is 5.69 Å². The maximum atomic E-state index is 12.5. The third kappa shape index (κ3) is 6.31. The zero-order chi connectivity index (χ0) is 23.0. The number of hydrogen-bond donors (Lipinski definition) is 1. The molecule has 1 unspecified atom stereocenters. The number of nitrogens with one attached hydrogen (secondary N) is 1. The van der Waals surface area contributed by atoms with E-state index >= 15 is 0 Å². The van der Waals surface area contributed by atoms with E-state index < -0.39 is 0 Å². The summed E-state index contributed by atoms with van der Waals surface area (Å²) in [5.41, 5.74) is 3.58. The monoisotopic (exact) mass is 459 g/mol. The summed E-state index contributed by atoms with van der Waals surface area (Å²) in [6.07, 6.45) is 1.42. The van der Waals surface area contributed by atoms with Gasteiger partial charge >= 0.3 is 0 Å². The van der Waals surface area contributed by atoms with Crippen LogP contribution in [0.3, 0.4) is 0 Å². The van der Waals surface area contributed by atoms with Gasteiger partial charge in [-0.25, -0.2) is 4.98 Å². The average Bonchev–Trinajstić information content (AvgIpc) is 3.32. The van der Waals surface area contributed by atoms with Gasteiger partial charge in [0, 0.05) is 24.2 Å². The van der Waals surface area contributed by atoms with E-state index in [9.17, 15) is 4.79 Å². The van der Waals surface area contributed by atoms with Gasteiger partial charge < -0.3 is 9.73 Å². The lowest BCUT2D eigenvalue weighted by Gasteiger charge is -2.28. The lowest BCUT2D eigenvalue weighted by atomic mass is 10.1. The normalized spacial score (nSPS) is 12.0. The number of amides is 1. The number of nitrogens with zero attached hydrogens (tertiary/aromatic N) is 2. The molecule has 33 heavy (non-hydrogen) atoms. The molecule has 4 aromatic rings. The molecular weight excluding hydrogens is 434 g/mol. The smallest absolute Gasteiger partial charge is 0.273 e. The lowest BCUT2D eigenvalue weighted by Crippen LogP contribution is -2.27. The lowest BCUT2D eigenvalue weighted by molar-refractivity contribution is 0.0945. The number of carbonyl (C=O) groups excluding carboxylic acids is 1. The van der Waals surface area contributed by atoms with Crippen LogP contribution >= 0.6 is 11.6 Å². The standard InChI is InChI=1S/C27H26ClN3O2/c1-20(23-12-6-3-7-13-23)31(17-22-11-8-14-24(28)15-22)18-26-30-25(19-33-26)27(32)29-16-21-9-4-2-5-10-21/h2-15,19-20H,16-18H2,1H3,(H,29,32). The summed E-state index contributed by atoms with van der Waals surface area (Å²) in [5, 5.41) is 3.59. The Balaban J connectivity index is 1.47. The van der Waals surface area contributed by atoms with E-state index in [0.29, 0.717) is 30.5 Å². The topological polar surface area (TPSA) is 58.4 Å². The highest BCUT2D eigenvalue weighted by Crippen LogP contribution is 2.25. The van der Waals surface area contributed by atoms with E-state index in [-0.39, 0.29) is 17.6 Å². The van der Waals surface area contributed by atoms with Crippen LogP contribution in [0.15, 0.2) is 95.6 Å². The zero-order valence-corrected chi connectivity index (χ0v) is 19.2. The average molecular weight is 460 g/mol. The van der Waals surface area contributed by atoms with E-state index in [1.165, 1.54) is 11.8 Å². The Hall–Kier alpha value is -3.41. The summed E-state index contributed by atoms with van der Waals surface area (Å²) in [4.78, 5) is 19.2. The van der Waals surface area contributed by atoms with Crippen LogP contribution in [0.5, 0.6) is 0 Å². The number of oxazole rings is 1. The maximum absolute atomic E-state index is 12.5. The van der Waals surface area contributed by atoms with Gasteiger partial charge in [0.05, 0.1) is 6.54 Å². The fourth-order valence-electron chi connectivity index (χ4n) is 3.67. The third-order valence-corrected chi connectivity index (χ3v) is 5.76. The Bertz CT molecular complexity index is 1180. The first kappa shape index (κ1) is 22.8. The Labute approximate surface area is 199 Å². The van der Waals surface area contributed by atoms with E-state index in [1.807, 2.05) is 66.7 Å². The molecule has 0 saturated heterocycles. The summed E-state index contributed by atoms with van der Waals surface area (Å²) in [5.74, 6) is 0.232. The summed E-state index contributed by atoms with van der Waals surface area (Å²) in [7, 11) is 0. The molecule has 0 aliphatic heterocycles. The molecule has 1 heterocycles. The predicted molar refractivity (Wildman–Crippen MR) is 130 cm³/mol. The number of hydrogen-bond acceptors (Lipinski definition) is 4. The first-order valence-electron chi connectivity index (χ1n) is 10.9. The van der Waals surface area contributed by atoms with Crippen molar-refractivity contribution in [1.82, 2.24) is 15.2 Å². The number of aromatic nitrogens is 1. The molecule has 0 aliphatic carbocycles. The number of benzene rings is 3. The molecule has 0 bridgehead atoms. The molecule has 5 nitrogen and oxygen atoms in total. The molecule has 0 saturated carbocycles. The van der Waals surface area contributed by atoms with Crippen molar-refractivity contribution in [3.8, 4) is 0 Å². The van der Waals surface area contributed by atoms with Crippen LogP contribution in [0.2, 0.25) is 5.02 Å². The van der Waals surface area contributed by atoms with Gasteiger partial charge in [-0.15, -0.1) is 0 Å². The quantitative estimate of drug-likeness (QED) is 0.332. The van der Waals surface area contributed by atoms with E-state index in [2.05, 4.69) is 40.3 Å². The zero-order valence-electron chi connectivity index (χ0n) is 18.4. The molecule has 168 valence electrons. The van der Waals surface area contributed by atoms with Crippen LogP contribution in [0.1, 0.15) is 46.0 Å². The number of rotatable bonds is 9. The fraction of sp³-hybridized carbons (Fsp3) is 0.185. The van der Waals surface area contributed by atoms with Crippen LogP contribution in [0.4, 0.5) is 0 Å². The molecule has 1 N–H and O–H groups in total. The summed E-state index contributed by atoms with van der Waals surface area (Å²) in [6.45, 7) is 3.70. The molecule has 0 spiro atoms. The van der Waals surface area contributed by atoms with Crippen LogP contribution in [0, 0.1) is 0 Å². The van der Waals surface area contributed by atoms with E-state index in [1.54, 1.807) is 0 Å². The van der Waals surface area contributed by atoms with Crippen LogP contribution < -0.4 is 5.32 Å². The summed E-state index contributed by atoms with van der Waals surface area (Å²) in [6, 6.07) is 28.0. The van der Waals surface area contributed by atoms with Gasteiger partial charge in [-0.2, -0.15) is 0 Å². The maximum Gasteiger partial charge on any atom is 0.273 e. The van der Waals surface area contributed by atoms with Crippen molar-refractivity contribution in [2.45, 2.75) is 32.6 Å². The van der Waals surface area contributed by atoms with Crippen molar-refractivity contribution in [2.24, 2.45) is 0 Å². The Morgan fingerprint density at radius 2 is 1.67 bits per heavy atom. The largest absolute Gasteiger partial charge is 0.447 e. The van der Waals surface area contributed by atoms with Gasteiger partial charge in [-0.1, -0.05) is 84.4 Å². The van der Waals surface area contributed by atoms with Gasteiger partial charge in [0.2, 0.25) is 5.89 Å². The molecule has 0 aliphatic rings. The Kier molecular flexibility index (Phi) is 7.55. The first-order valence-corrected chi connectivity index (χ1v) is 11.3. The molecule has 0 radical (unpaired) electrons. The van der Waals surface area contributed by atoms with Crippen molar-refractivity contribution in [1.29, 1.82) is 0 Å². The second kappa shape index (κ2) is 10.9. The summed E-state index contributed by atoms with van der Waals surface area (Å²) < 4.78 is 5.68. The van der Waals surface area contributed by atoms with Crippen LogP contribution in [0.25, 0.3) is 0 Å². The molecule has 4 rings (SSSR count). The van der Waals surface area contributed by atoms with Gasteiger partial charge in [0.25, 0.3) is 5.91 Å². The fourth-order valence-corrected chi connectivity index (χ4v) is 3.89. The van der Waals surface area contributed by atoms with E-state index in [0.717, 1.165) is 11.1 Å². The van der Waals surface area contributed by atoms with Gasteiger partial charge in [-0.3, -0.25) is 9.69 Å². The molecule has 6 heteroatoms. The molecule has 0 fully saturated rings.